The van der Waals surface area contributed by atoms with Gasteiger partial charge in [0.1, 0.15) is 21.6 Å². The van der Waals surface area contributed by atoms with E-state index in [0.717, 1.165) is 30.5 Å². The van der Waals surface area contributed by atoms with E-state index in [0.29, 0.717) is 34.0 Å². The summed E-state index contributed by atoms with van der Waals surface area (Å²) in [6.07, 6.45) is 1.07. The average molecular weight is 552 g/mol. The van der Waals surface area contributed by atoms with Crippen LogP contribution < -0.4 is 10.1 Å². The summed E-state index contributed by atoms with van der Waals surface area (Å²) >= 11 is 0.695. The molecular formula is C25H17N3O8S2. The minimum Gasteiger partial charge on any atom is -0.457 e. The van der Waals surface area contributed by atoms with Crippen molar-refractivity contribution in [2.45, 2.75) is 15.0 Å². The third-order valence-electron chi connectivity index (χ3n) is 5.61. The lowest BCUT2D eigenvalue weighted by atomic mass is 9.88. The molecule has 192 valence electrons. The van der Waals surface area contributed by atoms with E-state index in [9.17, 15) is 28.1 Å². The molecule has 0 bridgehead atoms. The SMILES string of the molecule is O=C(COC(=O)C1c2ccccc2Oc2ccccc21)Nc1ncc(S(=O)(=O)c2ccc([N+](=O)[O-])cc2)s1. The van der Waals surface area contributed by atoms with E-state index in [2.05, 4.69) is 10.3 Å². The Balaban J connectivity index is 1.25. The molecule has 0 unspecified atom stereocenters. The molecule has 0 aliphatic carbocycles. The van der Waals surface area contributed by atoms with Gasteiger partial charge in [-0.3, -0.25) is 25.0 Å². The maximum Gasteiger partial charge on any atom is 0.318 e. The van der Waals surface area contributed by atoms with Gasteiger partial charge in [-0.15, -0.1) is 0 Å². The van der Waals surface area contributed by atoms with Crippen LogP contribution in [0.3, 0.4) is 0 Å². The second kappa shape index (κ2) is 10.0. The summed E-state index contributed by atoms with van der Waals surface area (Å²) in [5, 5.41) is 13.2. The minimum absolute atomic E-state index is 0.0201. The quantitative estimate of drug-likeness (QED) is 0.201. The van der Waals surface area contributed by atoms with Crippen LogP contribution in [-0.2, 0) is 24.2 Å². The van der Waals surface area contributed by atoms with Gasteiger partial charge < -0.3 is 9.47 Å². The van der Waals surface area contributed by atoms with E-state index in [1.165, 1.54) is 0 Å². The van der Waals surface area contributed by atoms with E-state index < -0.39 is 39.2 Å². The molecule has 3 aromatic carbocycles. The van der Waals surface area contributed by atoms with Gasteiger partial charge in [-0.25, -0.2) is 13.4 Å². The van der Waals surface area contributed by atoms with Gasteiger partial charge >= 0.3 is 5.97 Å². The molecule has 2 heterocycles. The molecule has 38 heavy (non-hydrogen) atoms. The highest BCUT2D eigenvalue weighted by molar-refractivity contribution is 7.93. The van der Waals surface area contributed by atoms with Crippen molar-refractivity contribution in [2.75, 3.05) is 11.9 Å². The van der Waals surface area contributed by atoms with Gasteiger partial charge in [-0.1, -0.05) is 47.7 Å². The van der Waals surface area contributed by atoms with Gasteiger partial charge in [0.2, 0.25) is 9.84 Å². The molecule has 0 radical (unpaired) electrons. The zero-order valence-electron chi connectivity index (χ0n) is 19.3. The first kappa shape index (κ1) is 25.0. The van der Waals surface area contributed by atoms with Gasteiger partial charge in [-0.05, 0) is 24.3 Å². The van der Waals surface area contributed by atoms with Gasteiger partial charge in [0.15, 0.2) is 11.7 Å². The lowest BCUT2D eigenvalue weighted by Crippen LogP contribution is -2.26. The number of fused-ring (bicyclic) bond motifs is 2. The Morgan fingerprint density at radius 3 is 2.21 bits per heavy atom. The molecule has 0 saturated heterocycles. The van der Waals surface area contributed by atoms with E-state index in [4.69, 9.17) is 9.47 Å². The maximum absolute atomic E-state index is 13.0. The number of hydrogen-bond donors (Lipinski definition) is 1. The number of rotatable bonds is 7. The van der Waals surface area contributed by atoms with Gasteiger partial charge in [0.05, 0.1) is 16.0 Å². The fraction of sp³-hybridized carbons (Fsp3) is 0.0800. The van der Waals surface area contributed by atoms with Crippen LogP contribution in [0.1, 0.15) is 17.0 Å². The number of amides is 1. The fourth-order valence-corrected chi connectivity index (χ4v) is 6.29. The minimum atomic E-state index is -4.01. The zero-order chi connectivity index (χ0) is 26.9. The molecule has 1 aliphatic rings. The smallest absolute Gasteiger partial charge is 0.318 e. The highest BCUT2D eigenvalue weighted by atomic mass is 32.2. The summed E-state index contributed by atoms with van der Waals surface area (Å²) < 4.78 is 36.6. The zero-order valence-corrected chi connectivity index (χ0v) is 20.9. The van der Waals surface area contributed by atoms with E-state index in [1.807, 2.05) is 0 Å². The molecule has 0 fully saturated rings. The topological polar surface area (TPSA) is 155 Å². The number of nitro groups is 1. The van der Waals surface area contributed by atoms with Crippen LogP contribution in [-0.4, -0.2) is 36.8 Å². The number of thiazole rings is 1. The third kappa shape index (κ3) is 4.84. The molecule has 11 nitrogen and oxygen atoms in total. The summed E-state index contributed by atoms with van der Waals surface area (Å²) in [6.45, 7) is -0.620. The Labute approximate surface area is 219 Å². The molecule has 5 rings (SSSR count). The first-order chi connectivity index (χ1) is 18.2. The van der Waals surface area contributed by atoms with Crippen molar-refractivity contribution in [3.8, 4) is 11.5 Å². The second-order valence-electron chi connectivity index (χ2n) is 8.01. The maximum atomic E-state index is 13.0. The molecule has 1 N–H and O–H groups in total. The van der Waals surface area contributed by atoms with Crippen molar-refractivity contribution < 1.29 is 32.4 Å². The van der Waals surface area contributed by atoms with Crippen LogP contribution in [0.2, 0.25) is 0 Å². The van der Waals surface area contributed by atoms with Crippen molar-refractivity contribution in [2.24, 2.45) is 0 Å². The van der Waals surface area contributed by atoms with Gasteiger partial charge in [0.25, 0.3) is 11.6 Å². The Kier molecular flexibility index (Phi) is 6.61. The number of nitro benzene ring substituents is 1. The summed E-state index contributed by atoms with van der Waals surface area (Å²) in [5.74, 6) is -1.11. The summed E-state index contributed by atoms with van der Waals surface area (Å²) in [7, 11) is -4.01. The highest BCUT2D eigenvalue weighted by Crippen LogP contribution is 2.44. The van der Waals surface area contributed by atoms with Crippen molar-refractivity contribution in [1.29, 1.82) is 0 Å². The number of nitrogens with one attached hydrogen (secondary N) is 1. The molecule has 4 aromatic rings. The number of non-ortho nitro benzene ring substituents is 1. The molecule has 0 saturated carbocycles. The summed E-state index contributed by atoms with van der Waals surface area (Å²) in [5.41, 5.74) is 0.971. The monoisotopic (exact) mass is 551 g/mol. The number of carbonyl (C=O) groups excluding carboxylic acids is 2. The molecule has 1 aromatic heterocycles. The largest absolute Gasteiger partial charge is 0.457 e. The van der Waals surface area contributed by atoms with Crippen molar-refractivity contribution in [3.05, 3.63) is 100 Å². The van der Waals surface area contributed by atoms with Crippen LogP contribution >= 0.6 is 11.3 Å². The normalized spacial score (nSPS) is 12.5. The number of hydrogen-bond acceptors (Lipinski definition) is 10. The molecule has 13 heteroatoms. The molecule has 1 amide bonds. The lowest BCUT2D eigenvalue weighted by molar-refractivity contribution is -0.384. The number of esters is 1. The Bertz CT molecular complexity index is 1620. The summed E-state index contributed by atoms with van der Waals surface area (Å²) in [6, 6.07) is 18.5. The van der Waals surface area contributed by atoms with E-state index in [-0.39, 0.29) is 19.9 Å². The van der Waals surface area contributed by atoms with E-state index >= 15 is 0 Å². The number of carbonyl (C=O) groups is 2. The molecular weight excluding hydrogens is 534 g/mol. The third-order valence-corrected chi connectivity index (χ3v) is 8.76. The molecule has 0 spiro atoms. The number of nitrogens with zero attached hydrogens (tertiary/aromatic N) is 2. The predicted molar refractivity (Wildman–Crippen MR) is 135 cm³/mol. The predicted octanol–water partition coefficient (Wildman–Crippen LogP) is 4.30. The first-order valence-corrected chi connectivity index (χ1v) is 13.3. The standard InChI is InChI=1S/C25H17N3O8S2/c29-21(27-25-26-13-22(37-25)38(33,34)16-11-9-15(10-12-16)28(31)32)14-35-24(30)23-17-5-1-3-7-19(17)36-20-8-4-2-6-18(20)23/h1-13,23H,14H2,(H,26,27,29). The number of benzene rings is 3. The second-order valence-corrected chi connectivity index (χ2v) is 11.2. The molecule has 0 atom stereocenters. The van der Waals surface area contributed by atoms with Crippen molar-refractivity contribution in [3.63, 3.8) is 0 Å². The first-order valence-electron chi connectivity index (χ1n) is 11.0. The highest BCUT2D eigenvalue weighted by Gasteiger charge is 2.34. The lowest BCUT2D eigenvalue weighted by Gasteiger charge is -2.26. The number of aromatic nitrogens is 1. The number of ether oxygens (including phenoxy) is 2. The average Bonchev–Trinajstić information content (AvgIpc) is 3.39. The Morgan fingerprint density at radius 2 is 1.61 bits per heavy atom. The fourth-order valence-electron chi connectivity index (χ4n) is 3.84. The van der Waals surface area contributed by atoms with Crippen LogP contribution in [0.5, 0.6) is 11.5 Å². The molecule has 1 aliphatic heterocycles. The van der Waals surface area contributed by atoms with Crippen LogP contribution in [0.25, 0.3) is 0 Å². The van der Waals surface area contributed by atoms with Crippen molar-refractivity contribution in [1.82, 2.24) is 4.98 Å². The van der Waals surface area contributed by atoms with Crippen LogP contribution in [0.4, 0.5) is 10.8 Å². The Morgan fingerprint density at radius 1 is 1.00 bits per heavy atom. The number of anilines is 1. The number of para-hydroxylation sites is 2. The van der Waals surface area contributed by atoms with Gasteiger partial charge in [-0.2, -0.15) is 0 Å². The summed E-state index contributed by atoms with van der Waals surface area (Å²) in [4.78, 5) is 39.4. The Hall–Kier alpha value is -4.62. The van der Waals surface area contributed by atoms with Crippen molar-refractivity contribution >= 4 is 43.9 Å². The van der Waals surface area contributed by atoms with Crippen LogP contribution in [0, 0.1) is 10.1 Å². The van der Waals surface area contributed by atoms with Gasteiger partial charge in [0, 0.05) is 23.3 Å². The van der Waals surface area contributed by atoms with E-state index in [1.54, 1.807) is 48.5 Å². The van der Waals surface area contributed by atoms with Crippen LogP contribution in [0.15, 0.2) is 88.1 Å². The number of sulfone groups is 1.